The average molecular weight is 253 g/mol. The zero-order valence-electron chi connectivity index (χ0n) is 9.98. The summed E-state index contributed by atoms with van der Waals surface area (Å²) in [4.78, 5) is 0. The molecule has 5 nitrogen and oxygen atoms in total. The highest BCUT2D eigenvalue weighted by Crippen LogP contribution is 2.09. The highest BCUT2D eigenvalue weighted by atomic mass is 32.3. The lowest BCUT2D eigenvalue weighted by Crippen LogP contribution is -2.20. The maximum absolute atomic E-state index is 10.6. The normalized spacial score (nSPS) is 14.9. The highest BCUT2D eigenvalue weighted by molar-refractivity contribution is 7.88. The molecular formula is C10H23NO4S+. The van der Waals surface area contributed by atoms with Gasteiger partial charge in [-0.3, -0.25) is 0 Å². The fourth-order valence-electron chi connectivity index (χ4n) is 1.42. The second kappa shape index (κ2) is 10.2. The summed E-state index contributed by atoms with van der Waals surface area (Å²) in [5.41, 5.74) is 0. The Morgan fingerprint density at radius 3 is 2.00 bits per heavy atom. The third kappa shape index (κ3) is 10.5. The van der Waals surface area contributed by atoms with Gasteiger partial charge in [-0.15, -0.1) is 4.18 Å². The SMILES string of the molecule is CCCCCCCCCCO[S+]([O])(=O)ON. The van der Waals surface area contributed by atoms with E-state index in [1.165, 1.54) is 32.1 Å². The fourth-order valence-corrected chi connectivity index (χ4v) is 1.80. The van der Waals surface area contributed by atoms with Crippen molar-refractivity contribution in [2.45, 2.75) is 58.3 Å². The maximum Gasteiger partial charge on any atom is 0.564 e. The molecule has 6 heteroatoms. The molecule has 0 aromatic heterocycles. The number of nitrogens with two attached hydrogens (primary N) is 1. The summed E-state index contributed by atoms with van der Waals surface area (Å²) in [5, 5.41) is 0. The lowest BCUT2D eigenvalue weighted by atomic mass is 10.1. The molecule has 97 valence electrons. The number of rotatable bonds is 11. The maximum atomic E-state index is 10.6. The van der Waals surface area contributed by atoms with Crippen LogP contribution in [0.3, 0.4) is 0 Å². The van der Waals surface area contributed by atoms with Gasteiger partial charge in [0.1, 0.15) is 11.2 Å². The molecule has 0 amide bonds. The van der Waals surface area contributed by atoms with Crippen molar-refractivity contribution in [3.8, 4) is 0 Å². The van der Waals surface area contributed by atoms with E-state index in [0.717, 1.165) is 19.3 Å². The molecule has 16 heavy (non-hydrogen) atoms. The molecular weight excluding hydrogens is 230 g/mol. The summed E-state index contributed by atoms with van der Waals surface area (Å²) < 4.78 is 29.4. The van der Waals surface area contributed by atoms with Gasteiger partial charge in [0, 0.05) is 4.21 Å². The highest BCUT2D eigenvalue weighted by Gasteiger charge is 2.31. The number of unbranched alkanes of at least 4 members (excludes halogenated alkanes) is 7. The zero-order valence-corrected chi connectivity index (χ0v) is 10.8. The van der Waals surface area contributed by atoms with E-state index in [2.05, 4.69) is 21.3 Å². The van der Waals surface area contributed by atoms with Crippen LogP contribution in [-0.4, -0.2) is 6.61 Å². The molecule has 0 aliphatic heterocycles. The first-order valence-electron chi connectivity index (χ1n) is 5.90. The van der Waals surface area contributed by atoms with Crippen LogP contribution >= 0.6 is 0 Å². The van der Waals surface area contributed by atoms with Crippen molar-refractivity contribution in [1.82, 2.24) is 0 Å². The van der Waals surface area contributed by atoms with Crippen molar-refractivity contribution in [2.24, 2.45) is 5.90 Å². The Labute approximate surface area is 99.3 Å². The lowest BCUT2D eigenvalue weighted by molar-refractivity contribution is 0.152. The fraction of sp³-hybridized carbons (Fsp3) is 1.00. The average Bonchev–Trinajstić information content (AvgIpc) is 2.27. The van der Waals surface area contributed by atoms with Gasteiger partial charge < -0.3 is 0 Å². The van der Waals surface area contributed by atoms with Crippen LogP contribution in [0, 0.1) is 0 Å². The molecule has 0 spiro atoms. The molecule has 0 rings (SSSR count). The van der Waals surface area contributed by atoms with Gasteiger partial charge in [0.25, 0.3) is 0 Å². The van der Waals surface area contributed by atoms with Crippen molar-refractivity contribution in [3.05, 3.63) is 0 Å². The van der Waals surface area contributed by atoms with Crippen LogP contribution in [0.4, 0.5) is 0 Å². The Kier molecular flexibility index (Phi) is 10.2. The Hall–Kier alpha value is -0.0100. The first-order valence-corrected chi connectivity index (χ1v) is 7.23. The minimum absolute atomic E-state index is 0.147. The Balaban J connectivity index is 3.13. The summed E-state index contributed by atoms with van der Waals surface area (Å²) >= 11 is 0. The molecule has 2 N–H and O–H groups in total. The van der Waals surface area contributed by atoms with E-state index in [1.807, 2.05) is 0 Å². The minimum atomic E-state index is -3.95. The van der Waals surface area contributed by atoms with Crippen molar-refractivity contribution < 1.29 is 17.2 Å². The summed E-state index contributed by atoms with van der Waals surface area (Å²) in [6, 6.07) is 0. The van der Waals surface area contributed by atoms with E-state index in [0.29, 0.717) is 0 Å². The van der Waals surface area contributed by atoms with Gasteiger partial charge in [-0.25, -0.2) is 0 Å². The quantitative estimate of drug-likeness (QED) is 0.349. The smallest absolute Gasteiger partial charge is 0.158 e. The van der Waals surface area contributed by atoms with Gasteiger partial charge in [0.05, 0.1) is 0 Å². The Morgan fingerprint density at radius 1 is 1.00 bits per heavy atom. The first-order chi connectivity index (χ1) is 7.62. The molecule has 0 aromatic carbocycles. The van der Waals surface area contributed by atoms with Gasteiger partial charge >= 0.3 is 10.8 Å². The van der Waals surface area contributed by atoms with E-state index >= 15 is 0 Å². The van der Waals surface area contributed by atoms with Crippen LogP contribution in [0.25, 0.3) is 0 Å². The molecule has 1 atom stereocenters. The van der Waals surface area contributed by atoms with Crippen LogP contribution in [0.2, 0.25) is 0 Å². The third-order valence-corrected chi connectivity index (χ3v) is 3.03. The molecule has 0 saturated heterocycles. The third-order valence-electron chi connectivity index (χ3n) is 2.34. The standard InChI is InChI=1S/C10H23NO4S/c1-2-3-4-5-6-7-8-9-10-14-16(12,13)15-11/h2-11H2,1H3/q+1. The molecule has 0 fully saturated rings. The Bertz CT molecular complexity index is 201. The predicted molar refractivity (Wildman–Crippen MR) is 62.6 cm³/mol. The van der Waals surface area contributed by atoms with E-state index < -0.39 is 10.8 Å². The van der Waals surface area contributed by atoms with E-state index in [-0.39, 0.29) is 6.61 Å². The number of hydrogen-bond acceptors (Lipinski definition) is 4. The minimum Gasteiger partial charge on any atom is -0.158 e. The summed E-state index contributed by atoms with van der Waals surface area (Å²) in [5.74, 6) is 4.50. The molecule has 0 bridgehead atoms. The van der Waals surface area contributed by atoms with Gasteiger partial charge in [0.15, 0.2) is 0 Å². The zero-order chi connectivity index (χ0) is 12.3. The molecule has 1 radical (unpaired) electrons. The topological polar surface area (TPSA) is 81.5 Å². The monoisotopic (exact) mass is 253 g/mol. The largest absolute Gasteiger partial charge is 0.564 e. The van der Waals surface area contributed by atoms with E-state index in [1.54, 1.807) is 0 Å². The molecule has 0 heterocycles. The molecule has 0 aliphatic rings. The van der Waals surface area contributed by atoms with Crippen LogP contribution in [0.15, 0.2) is 0 Å². The summed E-state index contributed by atoms with van der Waals surface area (Å²) in [6.45, 7) is 2.34. The van der Waals surface area contributed by atoms with Crippen molar-refractivity contribution in [1.29, 1.82) is 0 Å². The van der Waals surface area contributed by atoms with Crippen LogP contribution in [-0.2, 0) is 28.0 Å². The van der Waals surface area contributed by atoms with Crippen molar-refractivity contribution in [3.63, 3.8) is 0 Å². The van der Waals surface area contributed by atoms with Crippen LogP contribution in [0.1, 0.15) is 58.3 Å². The predicted octanol–water partition coefficient (Wildman–Crippen LogP) is 2.71. The summed E-state index contributed by atoms with van der Waals surface area (Å²) in [6.07, 6.45) is 9.14. The van der Waals surface area contributed by atoms with Crippen molar-refractivity contribution >= 4 is 10.8 Å². The second-order valence-electron chi connectivity index (χ2n) is 3.80. The van der Waals surface area contributed by atoms with Gasteiger partial charge in [-0.05, 0) is 10.7 Å². The van der Waals surface area contributed by atoms with Crippen LogP contribution in [0.5, 0.6) is 0 Å². The first kappa shape index (κ1) is 16.0. The van der Waals surface area contributed by atoms with Gasteiger partial charge in [0.2, 0.25) is 0 Å². The van der Waals surface area contributed by atoms with E-state index in [4.69, 9.17) is 0 Å². The van der Waals surface area contributed by atoms with Gasteiger partial charge in [-0.2, -0.15) is 5.90 Å². The molecule has 0 aliphatic carbocycles. The second-order valence-corrected chi connectivity index (χ2v) is 5.05. The van der Waals surface area contributed by atoms with Crippen LogP contribution < -0.4 is 5.90 Å². The summed E-state index contributed by atoms with van der Waals surface area (Å²) in [7, 11) is -3.95. The number of hydrogen-bond donors (Lipinski definition) is 1. The molecule has 0 saturated carbocycles. The molecule has 1 unspecified atom stereocenters. The van der Waals surface area contributed by atoms with Gasteiger partial charge in [-0.1, -0.05) is 51.9 Å². The van der Waals surface area contributed by atoms with Crippen molar-refractivity contribution in [2.75, 3.05) is 6.61 Å². The Morgan fingerprint density at radius 2 is 1.50 bits per heavy atom. The van der Waals surface area contributed by atoms with E-state index in [9.17, 15) is 8.76 Å². The molecule has 0 aromatic rings. The lowest BCUT2D eigenvalue weighted by Gasteiger charge is -2.00.